The number of pyridine rings is 1. The van der Waals surface area contributed by atoms with E-state index >= 15 is 0 Å². The number of rotatable bonds is 5. The zero-order chi connectivity index (χ0) is 24.6. The Hall–Kier alpha value is -3.29. The van der Waals surface area contributed by atoms with Crippen molar-refractivity contribution in [2.75, 3.05) is 4.90 Å². The summed E-state index contributed by atoms with van der Waals surface area (Å²) < 4.78 is 75.9. The number of carbonyl (C=O) groups is 3. The van der Waals surface area contributed by atoms with E-state index in [1.54, 1.807) is 0 Å². The van der Waals surface area contributed by atoms with Crippen molar-refractivity contribution < 1.29 is 45.6 Å². The quantitative estimate of drug-likeness (QED) is 0.343. The number of imide groups is 1. The van der Waals surface area contributed by atoms with Crippen LogP contribution in [0.4, 0.5) is 36.8 Å². The van der Waals surface area contributed by atoms with E-state index in [4.69, 9.17) is 0 Å². The summed E-state index contributed by atoms with van der Waals surface area (Å²) in [5.74, 6) is -4.68. The number of urea groups is 1. The Labute approximate surface area is 186 Å². The Balaban J connectivity index is 1.96. The van der Waals surface area contributed by atoms with E-state index in [9.17, 15) is 40.7 Å². The molecule has 1 aromatic heterocycles. The molecule has 1 saturated heterocycles. The van der Waals surface area contributed by atoms with Crippen molar-refractivity contribution in [3.05, 3.63) is 54.4 Å². The van der Waals surface area contributed by atoms with Gasteiger partial charge in [-0.05, 0) is 53.7 Å². The molecule has 0 unspecified atom stereocenters. The van der Waals surface area contributed by atoms with Crippen molar-refractivity contribution in [2.45, 2.75) is 35.5 Å². The molecule has 2 atom stereocenters. The molecule has 14 heteroatoms. The van der Waals surface area contributed by atoms with Gasteiger partial charge in [-0.3, -0.25) is 9.78 Å². The minimum Gasteiger partial charge on any atom is -0.327 e. The molecule has 0 N–H and O–H groups in total. The van der Waals surface area contributed by atoms with Gasteiger partial charge in [0.25, 0.3) is 5.91 Å². The molecule has 0 bridgehead atoms. The van der Waals surface area contributed by atoms with Gasteiger partial charge < -0.3 is 4.84 Å². The number of carbonyl (C=O) groups excluding carboxylic acids is 3. The summed E-state index contributed by atoms with van der Waals surface area (Å²) in [6, 6.07) is 3.85. The van der Waals surface area contributed by atoms with Gasteiger partial charge in [-0.25, -0.2) is 14.5 Å². The second-order valence-corrected chi connectivity index (χ2v) is 7.85. The molecule has 1 fully saturated rings. The molecule has 1 aromatic carbocycles. The lowest BCUT2D eigenvalue weighted by Crippen LogP contribution is -2.43. The fraction of sp³-hybridized carbons (Fsp3) is 0.263. The third-order valence-electron chi connectivity index (χ3n) is 4.55. The Morgan fingerprint density at radius 3 is 2.12 bits per heavy atom. The van der Waals surface area contributed by atoms with E-state index in [1.165, 1.54) is 31.5 Å². The van der Waals surface area contributed by atoms with E-state index < -0.39 is 53.3 Å². The number of thioether (sulfide) groups is 1. The van der Waals surface area contributed by atoms with Crippen LogP contribution in [0.5, 0.6) is 0 Å². The normalized spacial score (nSPS) is 18.0. The summed E-state index contributed by atoms with van der Waals surface area (Å²) in [5.41, 5.74) is -4.38. The molecule has 2 aromatic rings. The number of anilines is 1. The van der Waals surface area contributed by atoms with Crippen molar-refractivity contribution >= 4 is 35.4 Å². The third kappa shape index (κ3) is 5.38. The Bertz CT molecular complexity index is 1050. The topological polar surface area (TPSA) is 79.8 Å². The lowest BCUT2D eigenvalue weighted by molar-refractivity contribution is -0.231. The van der Waals surface area contributed by atoms with Crippen LogP contribution in [0.2, 0.25) is 0 Å². The average molecular weight is 493 g/mol. The molecule has 2 heterocycles. The second kappa shape index (κ2) is 8.92. The van der Waals surface area contributed by atoms with Gasteiger partial charge in [-0.15, -0.1) is 5.06 Å². The van der Waals surface area contributed by atoms with Gasteiger partial charge in [0.2, 0.25) is 0 Å². The van der Waals surface area contributed by atoms with Crippen LogP contribution < -0.4 is 4.90 Å². The predicted molar refractivity (Wildman–Crippen MR) is 102 cm³/mol. The maximum Gasteiger partial charge on any atom is 0.493 e. The average Bonchev–Trinajstić information content (AvgIpc) is 2.96. The molecule has 0 aliphatic carbocycles. The molecule has 0 saturated carbocycles. The lowest BCUT2D eigenvalue weighted by Gasteiger charge is -2.25. The van der Waals surface area contributed by atoms with Crippen LogP contribution >= 0.6 is 11.8 Å². The van der Waals surface area contributed by atoms with Gasteiger partial charge in [0, 0.05) is 23.2 Å². The molecular weight excluding hydrogens is 480 g/mol. The molecule has 0 spiro atoms. The maximum atomic E-state index is 13.1. The summed E-state index contributed by atoms with van der Waals surface area (Å²) >= 11 is -0.431. The van der Waals surface area contributed by atoms with Gasteiger partial charge in [-0.2, -0.15) is 26.3 Å². The largest absolute Gasteiger partial charge is 0.493 e. The van der Waals surface area contributed by atoms with Crippen molar-refractivity contribution in [1.29, 1.82) is 0 Å². The lowest BCUT2D eigenvalue weighted by atomic mass is 9.94. The molecule has 7 nitrogen and oxygen atoms in total. The minimum atomic E-state index is -5.45. The predicted octanol–water partition coefficient (Wildman–Crippen LogP) is 4.65. The number of halogens is 6. The first kappa shape index (κ1) is 24.4. The van der Waals surface area contributed by atoms with Gasteiger partial charge >= 0.3 is 23.7 Å². The van der Waals surface area contributed by atoms with Crippen molar-refractivity contribution in [3.8, 4) is 0 Å². The van der Waals surface area contributed by atoms with E-state index in [0.29, 0.717) is 10.5 Å². The summed E-state index contributed by atoms with van der Waals surface area (Å²) in [6.45, 7) is 1.42. The van der Waals surface area contributed by atoms with Crippen LogP contribution in [-0.4, -0.2) is 45.7 Å². The van der Waals surface area contributed by atoms with E-state index in [-0.39, 0.29) is 15.6 Å². The number of benzene rings is 1. The minimum absolute atomic E-state index is 0.0294. The van der Waals surface area contributed by atoms with Gasteiger partial charge in [0.05, 0.1) is 5.69 Å². The zero-order valence-electron chi connectivity index (χ0n) is 16.4. The number of hydrogen-bond acceptors (Lipinski definition) is 6. The smallest absolute Gasteiger partial charge is 0.327 e. The Kier molecular flexibility index (Phi) is 6.58. The number of hydrogen-bond donors (Lipinski definition) is 0. The van der Waals surface area contributed by atoms with Crippen LogP contribution in [0.25, 0.3) is 0 Å². The Morgan fingerprint density at radius 1 is 1.03 bits per heavy atom. The Morgan fingerprint density at radius 2 is 1.61 bits per heavy atom. The number of alkyl halides is 6. The zero-order valence-corrected chi connectivity index (χ0v) is 17.2. The number of hydroxylamine groups is 2. The monoisotopic (exact) mass is 493 g/mol. The molecule has 3 rings (SSSR count). The molecule has 1 aliphatic rings. The first-order valence-corrected chi connectivity index (χ1v) is 9.83. The van der Waals surface area contributed by atoms with Crippen LogP contribution in [0, 0.1) is 0 Å². The standard InChI is InChI=1S/C19H13F6N3O4S/c1-10(11-6-8-26-9-7-11)14-15(29)27(17(31)28(14)32-16(30)18(20,21)22)12-2-4-13(5-3-12)33-19(23,24)25/h2-10,14H,1H3/t10-,14-/m0/s1. The van der Waals surface area contributed by atoms with Crippen molar-refractivity contribution in [1.82, 2.24) is 10.0 Å². The SMILES string of the molecule is C[C@@H](c1ccncc1)[C@H]1C(=O)N(c2ccc(SC(F)(F)F)cc2)C(=O)N1OC(=O)C(F)(F)F. The summed E-state index contributed by atoms with van der Waals surface area (Å²) in [7, 11) is 0. The van der Waals surface area contributed by atoms with Gasteiger partial charge in [-0.1, -0.05) is 6.92 Å². The fourth-order valence-electron chi connectivity index (χ4n) is 3.08. The molecule has 1 aliphatic heterocycles. The van der Waals surface area contributed by atoms with Gasteiger partial charge in [0.1, 0.15) is 0 Å². The van der Waals surface area contributed by atoms with E-state index in [2.05, 4.69) is 9.82 Å². The first-order chi connectivity index (χ1) is 15.3. The molecule has 33 heavy (non-hydrogen) atoms. The molecule has 176 valence electrons. The summed E-state index contributed by atoms with van der Waals surface area (Å²) in [4.78, 5) is 45.5. The van der Waals surface area contributed by atoms with Crippen LogP contribution in [0.15, 0.2) is 53.7 Å². The van der Waals surface area contributed by atoms with Crippen LogP contribution in [0.3, 0.4) is 0 Å². The van der Waals surface area contributed by atoms with Crippen molar-refractivity contribution in [2.24, 2.45) is 0 Å². The highest BCUT2D eigenvalue weighted by Gasteiger charge is 2.54. The number of aromatic nitrogens is 1. The van der Waals surface area contributed by atoms with Gasteiger partial charge in [0.15, 0.2) is 6.04 Å². The summed E-state index contributed by atoms with van der Waals surface area (Å²) in [5, 5.41) is 0.0294. The number of amides is 3. The highest BCUT2D eigenvalue weighted by atomic mass is 32.2. The highest BCUT2D eigenvalue weighted by Crippen LogP contribution is 2.39. The summed E-state index contributed by atoms with van der Waals surface area (Å²) in [6.07, 6.45) is -2.74. The molecular formula is C19H13F6N3O4S. The number of nitrogens with zero attached hydrogens (tertiary/aromatic N) is 3. The third-order valence-corrected chi connectivity index (χ3v) is 5.29. The van der Waals surface area contributed by atoms with E-state index in [1.807, 2.05) is 0 Å². The second-order valence-electron chi connectivity index (χ2n) is 6.71. The van der Waals surface area contributed by atoms with Crippen molar-refractivity contribution in [3.63, 3.8) is 0 Å². The first-order valence-electron chi connectivity index (χ1n) is 9.01. The van der Waals surface area contributed by atoms with Crippen LogP contribution in [-0.2, 0) is 14.4 Å². The maximum absolute atomic E-state index is 13.1. The molecule has 3 amide bonds. The van der Waals surface area contributed by atoms with Crippen LogP contribution in [0.1, 0.15) is 18.4 Å². The molecule has 0 radical (unpaired) electrons. The highest BCUT2D eigenvalue weighted by molar-refractivity contribution is 8.00. The fourth-order valence-corrected chi connectivity index (χ4v) is 3.62. The van der Waals surface area contributed by atoms with E-state index in [0.717, 1.165) is 24.3 Å².